The number of rotatable bonds is 10. The zero-order valence-electron chi connectivity index (χ0n) is 19.5. The van der Waals surface area contributed by atoms with E-state index in [0.29, 0.717) is 30.1 Å². The number of pyridine rings is 1. The van der Waals surface area contributed by atoms with Crippen molar-refractivity contribution in [2.75, 3.05) is 20.3 Å². The molecule has 0 bridgehead atoms. The predicted molar refractivity (Wildman–Crippen MR) is 122 cm³/mol. The van der Waals surface area contributed by atoms with Gasteiger partial charge in [0.15, 0.2) is 0 Å². The topological polar surface area (TPSA) is 82.8 Å². The zero-order valence-corrected chi connectivity index (χ0v) is 19.5. The molecule has 1 aromatic carbocycles. The standard InChI is InChI=1S/C25H31N3O4/c1-6-16(7-2)21-11-19(12-22(26-21)29-5)25-27-24(28-32-25)18-9-15(4)23(17(8-3)10-18)31-14-20-13-30-20/h9-12,16,20H,6-8,13-14H2,1-5H3. The van der Waals surface area contributed by atoms with Crippen molar-refractivity contribution in [3.63, 3.8) is 0 Å². The SMILES string of the molecule is CCc1cc(-c2noc(-c3cc(OC)nc(C(CC)CC)c3)n2)cc(C)c1OCC1CO1. The van der Waals surface area contributed by atoms with Gasteiger partial charge in [-0.25, -0.2) is 4.98 Å². The van der Waals surface area contributed by atoms with E-state index in [0.717, 1.165) is 59.6 Å². The normalized spacial score (nSPS) is 15.2. The molecular weight excluding hydrogens is 406 g/mol. The van der Waals surface area contributed by atoms with E-state index in [2.05, 4.69) is 42.0 Å². The van der Waals surface area contributed by atoms with Crippen LogP contribution in [0.4, 0.5) is 0 Å². The molecule has 7 nitrogen and oxygen atoms in total. The number of hydrogen-bond donors (Lipinski definition) is 0. The van der Waals surface area contributed by atoms with Crippen LogP contribution in [0.5, 0.6) is 11.6 Å². The molecule has 1 atom stereocenters. The molecule has 1 aliphatic heterocycles. The van der Waals surface area contributed by atoms with Crippen molar-refractivity contribution < 1.29 is 18.7 Å². The van der Waals surface area contributed by atoms with E-state index in [4.69, 9.17) is 18.7 Å². The average Bonchev–Trinajstić information content (AvgIpc) is 3.51. The Kier molecular flexibility index (Phi) is 6.74. The minimum Gasteiger partial charge on any atom is -0.490 e. The molecule has 1 fully saturated rings. The Bertz CT molecular complexity index is 1070. The van der Waals surface area contributed by atoms with Crippen LogP contribution in [-0.2, 0) is 11.2 Å². The van der Waals surface area contributed by atoms with Gasteiger partial charge >= 0.3 is 0 Å². The van der Waals surface area contributed by atoms with Crippen molar-refractivity contribution in [1.82, 2.24) is 15.1 Å². The third kappa shape index (κ3) is 4.78. The minimum atomic E-state index is 0.223. The maximum absolute atomic E-state index is 6.02. The van der Waals surface area contributed by atoms with E-state index in [1.54, 1.807) is 7.11 Å². The van der Waals surface area contributed by atoms with Gasteiger partial charge in [-0.05, 0) is 55.5 Å². The number of epoxide rings is 1. The van der Waals surface area contributed by atoms with E-state index in [-0.39, 0.29) is 6.10 Å². The first-order chi connectivity index (χ1) is 15.6. The first-order valence-electron chi connectivity index (χ1n) is 11.3. The van der Waals surface area contributed by atoms with Gasteiger partial charge < -0.3 is 18.7 Å². The molecule has 32 heavy (non-hydrogen) atoms. The third-order valence-corrected chi connectivity index (χ3v) is 5.91. The van der Waals surface area contributed by atoms with Gasteiger partial charge in [0.05, 0.1) is 13.7 Å². The second-order valence-corrected chi connectivity index (χ2v) is 8.16. The fourth-order valence-electron chi connectivity index (χ4n) is 3.91. The van der Waals surface area contributed by atoms with Gasteiger partial charge in [0.25, 0.3) is 5.89 Å². The predicted octanol–water partition coefficient (Wildman–Crippen LogP) is 5.36. The molecule has 1 unspecified atom stereocenters. The largest absolute Gasteiger partial charge is 0.490 e. The Hall–Kier alpha value is -2.93. The van der Waals surface area contributed by atoms with Gasteiger partial charge in [-0.1, -0.05) is 25.9 Å². The molecule has 0 radical (unpaired) electrons. The summed E-state index contributed by atoms with van der Waals surface area (Å²) >= 11 is 0. The molecule has 0 aliphatic carbocycles. The third-order valence-electron chi connectivity index (χ3n) is 5.91. The second-order valence-electron chi connectivity index (χ2n) is 8.16. The molecule has 1 saturated heterocycles. The van der Waals surface area contributed by atoms with Crippen LogP contribution in [0.1, 0.15) is 56.4 Å². The monoisotopic (exact) mass is 437 g/mol. The Morgan fingerprint density at radius 3 is 2.50 bits per heavy atom. The summed E-state index contributed by atoms with van der Waals surface area (Å²) in [6.45, 7) is 9.86. The van der Waals surface area contributed by atoms with Crippen molar-refractivity contribution in [2.45, 2.75) is 59.0 Å². The number of hydrogen-bond acceptors (Lipinski definition) is 7. The highest BCUT2D eigenvalue weighted by atomic mass is 16.6. The molecule has 0 saturated carbocycles. The fraction of sp³-hybridized carbons (Fsp3) is 0.480. The van der Waals surface area contributed by atoms with Crippen molar-refractivity contribution in [3.05, 3.63) is 41.1 Å². The highest BCUT2D eigenvalue weighted by molar-refractivity contribution is 5.64. The van der Waals surface area contributed by atoms with Crippen LogP contribution in [0.15, 0.2) is 28.8 Å². The van der Waals surface area contributed by atoms with Gasteiger partial charge in [-0.15, -0.1) is 0 Å². The molecule has 0 spiro atoms. The number of benzene rings is 1. The molecule has 4 rings (SSSR count). The van der Waals surface area contributed by atoms with Gasteiger partial charge in [0.2, 0.25) is 11.7 Å². The van der Waals surface area contributed by atoms with Crippen LogP contribution < -0.4 is 9.47 Å². The van der Waals surface area contributed by atoms with Crippen LogP contribution in [-0.4, -0.2) is 41.6 Å². The van der Waals surface area contributed by atoms with Crippen LogP contribution in [0, 0.1) is 6.92 Å². The van der Waals surface area contributed by atoms with E-state index < -0.39 is 0 Å². The first-order valence-corrected chi connectivity index (χ1v) is 11.3. The second kappa shape index (κ2) is 9.69. The van der Waals surface area contributed by atoms with Gasteiger partial charge in [-0.2, -0.15) is 4.98 Å². The molecule has 0 N–H and O–H groups in total. The molecule has 170 valence electrons. The average molecular weight is 438 g/mol. The summed E-state index contributed by atoms with van der Waals surface area (Å²) < 4.78 is 22.4. The maximum atomic E-state index is 6.02. The fourth-order valence-corrected chi connectivity index (χ4v) is 3.91. The summed E-state index contributed by atoms with van der Waals surface area (Å²) in [5.74, 6) is 2.83. The van der Waals surface area contributed by atoms with Crippen LogP contribution >= 0.6 is 0 Å². The summed E-state index contributed by atoms with van der Waals surface area (Å²) in [7, 11) is 1.62. The first kappa shape index (κ1) is 22.3. The van der Waals surface area contributed by atoms with Crippen molar-refractivity contribution in [3.8, 4) is 34.5 Å². The van der Waals surface area contributed by atoms with Crippen molar-refractivity contribution in [1.29, 1.82) is 0 Å². The van der Waals surface area contributed by atoms with Crippen LogP contribution in [0.25, 0.3) is 22.8 Å². The number of aromatic nitrogens is 3. The van der Waals surface area contributed by atoms with Crippen molar-refractivity contribution >= 4 is 0 Å². The number of nitrogens with zero attached hydrogens (tertiary/aromatic N) is 3. The molecule has 2 aromatic heterocycles. The van der Waals surface area contributed by atoms with E-state index >= 15 is 0 Å². The Morgan fingerprint density at radius 2 is 1.84 bits per heavy atom. The summed E-state index contributed by atoms with van der Waals surface area (Å²) in [5, 5.41) is 4.26. The lowest BCUT2D eigenvalue weighted by Gasteiger charge is -2.14. The lowest BCUT2D eigenvalue weighted by Crippen LogP contribution is -2.07. The van der Waals surface area contributed by atoms with Crippen molar-refractivity contribution in [2.24, 2.45) is 0 Å². The van der Waals surface area contributed by atoms with E-state index in [9.17, 15) is 0 Å². The molecule has 1 aliphatic rings. The maximum Gasteiger partial charge on any atom is 0.258 e. The molecule has 0 amide bonds. The lowest BCUT2D eigenvalue weighted by molar-refractivity contribution is 0.260. The lowest BCUT2D eigenvalue weighted by atomic mass is 9.97. The van der Waals surface area contributed by atoms with Gasteiger partial charge in [0.1, 0.15) is 18.5 Å². The Balaban J connectivity index is 1.65. The summed E-state index contributed by atoms with van der Waals surface area (Å²) in [6.07, 6.45) is 3.08. The van der Waals surface area contributed by atoms with Crippen LogP contribution in [0.2, 0.25) is 0 Å². The summed E-state index contributed by atoms with van der Waals surface area (Å²) in [4.78, 5) is 9.31. The molecule has 3 aromatic rings. The molecule has 3 heterocycles. The smallest absolute Gasteiger partial charge is 0.258 e. The minimum absolute atomic E-state index is 0.223. The van der Waals surface area contributed by atoms with Crippen LogP contribution in [0.3, 0.4) is 0 Å². The number of ether oxygens (including phenoxy) is 3. The van der Waals surface area contributed by atoms with Gasteiger partial charge in [-0.3, -0.25) is 0 Å². The van der Waals surface area contributed by atoms with Gasteiger partial charge in [0, 0.05) is 28.8 Å². The molecular formula is C25H31N3O4. The summed E-state index contributed by atoms with van der Waals surface area (Å²) in [5.41, 5.74) is 4.87. The highest BCUT2D eigenvalue weighted by Gasteiger charge is 2.24. The highest BCUT2D eigenvalue weighted by Crippen LogP contribution is 2.33. The number of methoxy groups -OCH3 is 1. The van der Waals surface area contributed by atoms with E-state index in [1.165, 1.54) is 0 Å². The van der Waals surface area contributed by atoms with E-state index in [1.807, 2.05) is 25.1 Å². The Morgan fingerprint density at radius 1 is 1.06 bits per heavy atom. The quantitative estimate of drug-likeness (QED) is 0.395. The molecule has 7 heteroatoms. The Labute approximate surface area is 189 Å². The summed E-state index contributed by atoms with van der Waals surface area (Å²) in [6, 6.07) is 7.98. The zero-order chi connectivity index (χ0) is 22.7. The number of aryl methyl sites for hydroxylation is 2.